The number of hydrogen-bond donors (Lipinski definition) is 4. The lowest BCUT2D eigenvalue weighted by molar-refractivity contribution is -0.0907. The van der Waals surface area contributed by atoms with Crippen molar-refractivity contribution in [3.8, 4) is 0 Å². The van der Waals surface area contributed by atoms with Gasteiger partial charge in [0.1, 0.15) is 6.10 Å². The molecule has 0 saturated carbocycles. The Labute approximate surface area is 222 Å². The second-order valence-corrected chi connectivity index (χ2v) is 12.1. The predicted octanol–water partition coefficient (Wildman–Crippen LogP) is 1.04. The molecule has 38 heavy (non-hydrogen) atoms. The van der Waals surface area contributed by atoms with Gasteiger partial charge in [0.05, 0.1) is 36.6 Å². The van der Waals surface area contributed by atoms with Crippen molar-refractivity contribution in [3.63, 3.8) is 0 Å². The molecule has 1 amide bonds. The van der Waals surface area contributed by atoms with Crippen LogP contribution in [0.3, 0.4) is 0 Å². The summed E-state index contributed by atoms with van der Waals surface area (Å²) >= 11 is 0. The van der Waals surface area contributed by atoms with E-state index in [1.807, 2.05) is 30.3 Å². The lowest BCUT2D eigenvalue weighted by Crippen LogP contribution is -2.73. The Morgan fingerprint density at radius 2 is 1.97 bits per heavy atom. The fraction of sp³-hybridized carbons (Fsp3) is 0.500. The number of anilines is 1. The van der Waals surface area contributed by atoms with E-state index in [1.165, 1.54) is 28.6 Å². The van der Waals surface area contributed by atoms with Gasteiger partial charge in [-0.3, -0.25) is 5.32 Å². The molecule has 3 heterocycles. The van der Waals surface area contributed by atoms with Crippen molar-refractivity contribution in [2.75, 3.05) is 32.0 Å². The van der Waals surface area contributed by atoms with Crippen LogP contribution in [0.15, 0.2) is 59.5 Å². The quantitative estimate of drug-likeness (QED) is 0.373. The maximum Gasteiger partial charge on any atom is 0.407 e. The van der Waals surface area contributed by atoms with Crippen LogP contribution < -0.4 is 16.4 Å². The number of hydrogen-bond acceptors (Lipinski definition) is 9. The number of fused-ring (bicyclic) bond motifs is 1. The standard InChI is InChI=1S/C26H34N4O7S/c1-17-14-30(38(33,34)20-9-7-19(27)8-10-20)16-26(32,29-17)23(13-18-5-3-2-4-6-18)28-25(31)37-22-15-36-24-21(22)11-12-35-24/h2-10,17,21-24,29,32H,11-16,27H2,1H3,(H,28,31)/t17?,21-,22-,23+,24+,26-/m1/s1. The lowest BCUT2D eigenvalue weighted by atomic mass is 9.93. The number of piperazine rings is 1. The van der Waals surface area contributed by atoms with Crippen molar-refractivity contribution < 1.29 is 32.5 Å². The summed E-state index contributed by atoms with van der Waals surface area (Å²) in [4.78, 5) is 13.1. The molecule has 3 saturated heterocycles. The molecule has 0 bridgehead atoms. The highest BCUT2D eigenvalue weighted by Gasteiger charge is 2.48. The minimum Gasteiger partial charge on any atom is -0.443 e. The second-order valence-electron chi connectivity index (χ2n) is 10.2. The Hall–Kier alpha value is -2.74. The van der Waals surface area contributed by atoms with Gasteiger partial charge in [0.25, 0.3) is 0 Å². The van der Waals surface area contributed by atoms with Crippen LogP contribution in [0, 0.1) is 5.92 Å². The topological polar surface area (TPSA) is 152 Å². The third-order valence-electron chi connectivity index (χ3n) is 7.30. The van der Waals surface area contributed by atoms with Crippen molar-refractivity contribution in [2.24, 2.45) is 5.92 Å². The third-order valence-corrected chi connectivity index (χ3v) is 9.13. The number of aliphatic hydroxyl groups is 1. The number of rotatable bonds is 7. The van der Waals surface area contributed by atoms with Gasteiger partial charge in [-0.25, -0.2) is 13.2 Å². The second kappa shape index (κ2) is 10.8. The van der Waals surface area contributed by atoms with Crippen LogP contribution in [0.25, 0.3) is 0 Å². The molecule has 5 rings (SSSR count). The number of sulfonamides is 1. The number of carbonyl (C=O) groups is 1. The summed E-state index contributed by atoms with van der Waals surface area (Å²) in [6.45, 7) is 2.42. The number of carbonyl (C=O) groups excluding carboxylic acids is 1. The van der Waals surface area contributed by atoms with Crippen LogP contribution in [0.4, 0.5) is 10.5 Å². The van der Waals surface area contributed by atoms with E-state index in [0.29, 0.717) is 12.3 Å². The number of amides is 1. The molecular weight excluding hydrogens is 512 g/mol. The average Bonchev–Trinajstić information content (AvgIpc) is 3.49. The Bertz CT molecular complexity index is 1230. The number of nitrogen functional groups attached to an aromatic ring is 1. The monoisotopic (exact) mass is 546 g/mol. The molecule has 206 valence electrons. The Balaban J connectivity index is 1.38. The van der Waals surface area contributed by atoms with Crippen molar-refractivity contribution in [3.05, 3.63) is 60.2 Å². The zero-order valence-corrected chi connectivity index (χ0v) is 22.0. The van der Waals surface area contributed by atoms with E-state index in [-0.39, 0.29) is 43.2 Å². The number of alkyl carbamates (subject to hydrolysis) is 1. The van der Waals surface area contributed by atoms with Crippen LogP contribution in [-0.2, 0) is 30.7 Å². The van der Waals surface area contributed by atoms with Crippen LogP contribution in [0.2, 0.25) is 0 Å². The Morgan fingerprint density at radius 1 is 1.24 bits per heavy atom. The molecule has 3 fully saturated rings. The molecule has 0 aliphatic carbocycles. The van der Waals surface area contributed by atoms with E-state index in [9.17, 15) is 18.3 Å². The third kappa shape index (κ3) is 5.65. The van der Waals surface area contributed by atoms with Gasteiger partial charge in [0.2, 0.25) is 10.0 Å². The molecule has 11 nitrogen and oxygen atoms in total. The minimum atomic E-state index is -3.94. The number of ether oxygens (including phenoxy) is 3. The molecule has 0 aromatic heterocycles. The fourth-order valence-electron chi connectivity index (χ4n) is 5.39. The van der Waals surface area contributed by atoms with E-state index in [1.54, 1.807) is 6.92 Å². The largest absolute Gasteiger partial charge is 0.443 e. The fourth-order valence-corrected chi connectivity index (χ4v) is 6.95. The number of nitrogens with zero attached hydrogens (tertiary/aromatic N) is 1. The van der Waals surface area contributed by atoms with E-state index in [2.05, 4.69) is 10.6 Å². The van der Waals surface area contributed by atoms with E-state index < -0.39 is 40.0 Å². The molecule has 12 heteroatoms. The first-order valence-corrected chi connectivity index (χ1v) is 14.2. The van der Waals surface area contributed by atoms with Crippen molar-refractivity contribution in [1.82, 2.24) is 14.9 Å². The highest BCUT2D eigenvalue weighted by Crippen LogP contribution is 2.33. The Kier molecular flexibility index (Phi) is 7.63. The van der Waals surface area contributed by atoms with E-state index in [0.717, 1.165) is 12.0 Å². The maximum absolute atomic E-state index is 13.5. The molecule has 3 aliphatic rings. The lowest BCUT2D eigenvalue weighted by Gasteiger charge is -2.46. The van der Waals surface area contributed by atoms with Gasteiger partial charge in [0.15, 0.2) is 12.0 Å². The van der Waals surface area contributed by atoms with Gasteiger partial charge in [-0.05, 0) is 49.6 Å². The molecule has 2 aromatic carbocycles. The minimum absolute atomic E-state index is 0.0372. The molecule has 1 unspecified atom stereocenters. The predicted molar refractivity (Wildman–Crippen MR) is 138 cm³/mol. The smallest absolute Gasteiger partial charge is 0.407 e. The zero-order chi connectivity index (χ0) is 26.9. The van der Waals surface area contributed by atoms with Crippen molar-refractivity contribution in [2.45, 2.75) is 54.9 Å². The SMILES string of the molecule is CC1CN(S(=O)(=O)c2ccc(N)cc2)C[C@@](O)([C@H](Cc2ccccc2)NC(=O)O[C@@H]2CO[C@@H]3OCC[C@@H]32)N1. The van der Waals surface area contributed by atoms with Crippen LogP contribution in [-0.4, -0.2) is 80.4 Å². The van der Waals surface area contributed by atoms with Gasteiger partial charge >= 0.3 is 6.09 Å². The molecule has 0 spiro atoms. The summed E-state index contributed by atoms with van der Waals surface area (Å²) in [7, 11) is -3.94. The highest BCUT2D eigenvalue weighted by atomic mass is 32.2. The Morgan fingerprint density at radius 3 is 2.71 bits per heavy atom. The van der Waals surface area contributed by atoms with Crippen molar-refractivity contribution >= 4 is 21.8 Å². The van der Waals surface area contributed by atoms with Gasteiger partial charge in [-0.2, -0.15) is 4.31 Å². The van der Waals surface area contributed by atoms with Crippen molar-refractivity contribution in [1.29, 1.82) is 0 Å². The number of β-amino-alcohol motifs (C(OH)–C–C–N with tert-alkyl or cyclic N) is 1. The summed E-state index contributed by atoms with van der Waals surface area (Å²) in [5.41, 5.74) is 5.24. The first-order valence-electron chi connectivity index (χ1n) is 12.7. The maximum atomic E-state index is 13.5. The summed E-state index contributed by atoms with van der Waals surface area (Å²) in [5, 5.41) is 17.8. The zero-order valence-electron chi connectivity index (χ0n) is 21.2. The molecule has 5 N–H and O–H groups in total. The molecule has 6 atom stereocenters. The van der Waals surface area contributed by atoms with Gasteiger partial charge in [0, 0.05) is 18.3 Å². The van der Waals surface area contributed by atoms with Crippen LogP contribution in [0.5, 0.6) is 0 Å². The first kappa shape index (κ1) is 26.9. The highest BCUT2D eigenvalue weighted by molar-refractivity contribution is 7.89. The summed E-state index contributed by atoms with van der Waals surface area (Å²) in [6.07, 6.45) is -0.580. The van der Waals surface area contributed by atoms with Crippen LogP contribution >= 0.6 is 0 Å². The van der Waals surface area contributed by atoms with E-state index in [4.69, 9.17) is 19.9 Å². The number of nitrogens with one attached hydrogen (secondary N) is 2. The molecular formula is C26H34N4O7S. The summed E-state index contributed by atoms with van der Waals surface area (Å²) in [5.74, 6) is -0.0372. The average molecular weight is 547 g/mol. The number of benzene rings is 2. The van der Waals surface area contributed by atoms with E-state index >= 15 is 0 Å². The normalized spacial score (nSPS) is 30.5. The first-order chi connectivity index (χ1) is 18.1. The summed E-state index contributed by atoms with van der Waals surface area (Å²) < 4.78 is 45.0. The number of nitrogens with two attached hydrogens (primary N) is 1. The molecule has 2 aromatic rings. The molecule has 3 aliphatic heterocycles. The van der Waals surface area contributed by atoms with Crippen LogP contribution in [0.1, 0.15) is 18.9 Å². The van der Waals surface area contributed by atoms with Gasteiger partial charge in [-0.15, -0.1) is 0 Å². The molecule has 0 radical (unpaired) electrons. The van der Waals surface area contributed by atoms with Gasteiger partial charge < -0.3 is 30.4 Å². The van der Waals surface area contributed by atoms with Gasteiger partial charge in [-0.1, -0.05) is 30.3 Å². The summed E-state index contributed by atoms with van der Waals surface area (Å²) in [6, 6.07) is 14.0.